The van der Waals surface area contributed by atoms with Crippen LogP contribution in [0.2, 0.25) is 0 Å². The van der Waals surface area contributed by atoms with Gasteiger partial charge in [0.2, 0.25) is 0 Å². The lowest BCUT2D eigenvalue weighted by Crippen LogP contribution is -2.40. The van der Waals surface area contributed by atoms with Crippen molar-refractivity contribution in [1.29, 1.82) is 0 Å². The number of H-pyrrole nitrogens is 1. The smallest absolute Gasteiger partial charge is 0.138 e. The molecule has 0 atom stereocenters. The number of halogens is 1. The second kappa shape index (κ2) is 4.86. The fourth-order valence-corrected chi connectivity index (χ4v) is 2.40. The van der Waals surface area contributed by atoms with Crippen LogP contribution < -0.4 is 5.32 Å². The van der Waals surface area contributed by atoms with E-state index in [4.69, 9.17) is 0 Å². The molecule has 2 aromatic rings. The highest BCUT2D eigenvalue weighted by atomic mass is 19.1. The van der Waals surface area contributed by atoms with Crippen molar-refractivity contribution in [3.05, 3.63) is 47.8 Å². The number of aromatic amines is 1. The molecule has 1 aromatic carbocycles. The maximum absolute atomic E-state index is 13.6. The molecule has 0 aliphatic heterocycles. The van der Waals surface area contributed by atoms with Gasteiger partial charge in [-0.1, -0.05) is 18.2 Å². The molecule has 0 radical (unpaired) electrons. The van der Waals surface area contributed by atoms with E-state index in [1.807, 2.05) is 12.1 Å². The van der Waals surface area contributed by atoms with Gasteiger partial charge in [0.25, 0.3) is 0 Å². The quantitative estimate of drug-likeness (QED) is 0.867. The van der Waals surface area contributed by atoms with E-state index in [1.54, 1.807) is 6.07 Å². The van der Waals surface area contributed by atoms with Gasteiger partial charge in [0.05, 0.1) is 6.54 Å². The highest BCUT2D eigenvalue weighted by molar-refractivity contribution is 5.24. The van der Waals surface area contributed by atoms with Crippen molar-refractivity contribution in [3.63, 3.8) is 0 Å². The van der Waals surface area contributed by atoms with Gasteiger partial charge in [-0.25, -0.2) is 9.37 Å². The lowest BCUT2D eigenvalue weighted by atomic mass is 9.75. The van der Waals surface area contributed by atoms with Crippen LogP contribution in [0.15, 0.2) is 30.6 Å². The minimum Gasteiger partial charge on any atom is -0.307 e. The highest BCUT2D eigenvalue weighted by Crippen LogP contribution is 2.37. The molecule has 2 N–H and O–H groups in total. The minimum absolute atomic E-state index is 0.0869. The topological polar surface area (TPSA) is 53.6 Å². The first-order valence-corrected chi connectivity index (χ1v) is 6.15. The third-order valence-electron chi connectivity index (χ3n) is 3.51. The Bertz CT molecular complexity index is 505. The summed E-state index contributed by atoms with van der Waals surface area (Å²) >= 11 is 0. The van der Waals surface area contributed by atoms with Crippen LogP contribution in [0.4, 0.5) is 4.39 Å². The summed E-state index contributed by atoms with van der Waals surface area (Å²) < 4.78 is 13.6. The standard InChI is InChI=1S/C13H15FN4/c14-12-4-2-1-3-11(12)9-5-10(6-9)15-7-13-16-8-17-18-13/h1-4,8-10,15H,5-7H2,(H,16,17,18). The molecule has 3 rings (SSSR count). The van der Waals surface area contributed by atoms with E-state index in [2.05, 4.69) is 20.5 Å². The Morgan fingerprint density at radius 3 is 2.89 bits per heavy atom. The summed E-state index contributed by atoms with van der Waals surface area (Å²) in [6.07, 6.45) is 3.46. The molecule has 18 heavy (non-hydrogen) atoms. The molecule has 0 bridgehead atoms. The number of benzene rings is 1. The maximum atomic E-state index is 13.6. The lowest BCUT2D eigenvalue weighted by Gasteiger charge is -2.36. The Balaban J connectivity index is 1.50. The summed E-state index contributed by atoms with van der Waals surface area (Å²) in [6, 6.07) is 7.49. The first-order chi connectivity index (χ1) is 8.83. The number of hydrogen-bond donors (Lipinski definition) is 2. The van der Waals surface area contributed by atoms with Gasteiger partial charge in [-0.2, -0.15) is 5.10 Å². The van der Waals surface area contributed by atoms with Crippen LogP contribution in [-0.4, -0.2) is 21.2 Å². The summed E-state index contributed by atoms with van der Waals surface area (Å²) in [5.74, 6) is 1.10. The van der Waals surface area contributed by atoms with Crippen LogP contribution in [-0.2, 0) is 6.54 Å². The van der Waals surface area contributed by atoms with Crippen LogP contribution >= 0.6 is 0 Å². The van der Waals surface area contributed by atoms with Crippen LogP contribution in [0.3, 0.4) is 0 Å². The molecule has 1 aliphatic rings. The van der Waals surface area contributed by atoms with E-state index in [9.17, 15) is 4.39 Å². The van der Waals surface area contributed by atoms with Crippen molar-refractivity contribution in [2.75, 3.05) is 0 Å². The number of nitrogens with zero attached hydrogens (tertiary/aromatic N) is 2. The maximum Gasteiger partial charge on any atom is 0.138 e. The molecule has 0 saturated heterocycles. The molecular formula is C13H15FN4. The largest absolute Gasteiger partial charge is 0.307 e. The Kier molecular flexibility index (Phi) is 3.06. The second-order valence-electron chi connectivity index (χ2n) is 4.70. The van der Waals surface area contributed by atoms with Crippen molar-refractivity contribution in [1.82, 2.24) is 20.5 Å². The third kappa shape index (κ3) is 2.26. The summed E-state index contributed by atoms with van der Waals surface area (Å²) in [4.78, 5) is 4.05. The van der Waals surface area contributed by atoms with Crippen molar-refractivity contribution in [2.24, 2.45) is 0 Å². The Morgan fingerprint density at radius 2 is 2.17 bits per heavy atom. The highest BCUT2D eigenvalue weighted by Gasteiger charge is 2.31. The molecule has 4 nitrogen and oxygen atoms in total. The Hall–Kier alpha value is -1.75. The Labute approximate surface area is 105 Å². The van der Waals surface area contributed by atoms with Crippen molar-refractivity contribution in [2.45, 2.75) is 31.3 Å². The molecule has 1 heterocycles. The average molecular weight is 246 g/mol. The summed E-state index contributed by atoms with van der Waals surface area (Å²) in [7, 11) is 0. The fourth-order valence-electron chi connectivity index (χ4n) is 2.40. The molecule has 0 spiro atoms. The van der Waals surface area contributed by atoms with E-state index >= 15 is 0 Å². The van der Waals surface area contributed by atoms with Gasteiger partial charge in [-0.05, 0) is 30.4 Å². The zero-order valence-electron chi connectivity index (χ0n) is 9.94. The van der Waals surface area contributed by atoms with Gasteiger partial charge in [0.15, 0.2) is 0 Å². The minimum atomic E-state index is -0.0869. The van der Waals surface area contributed by atoms with E-state index in [-0.39, 0.29) is 5.82 Å². The van der Waals surface area contributed by atoms with E-state index in [0.29, 0.717) is 18.5 Å². The predicted molar refractivity (Wildman–Crippen MR) is 65.4 cm³/mol. The van der Waals surface area contributed by atoms with Gasteiger partial charge in [0, 0.05) is 6.04 Å². The summed E-state index contributed by atoms with van der Waals surface area (Å²) in [5, 5.41) is 9.99. The second-order valence-corrected chi connectivity index (χ2v) is 4.70. The van der Waals surface area contributed by atoms with Gasteiger partial charge < -0.3 is 5.32 Å². The number of hydrogen-bond acceptors (Lipinski definition) is 3. The van der Waals surface area contributed by atoms with Crippen molar-refractivity contribution >= 4 is 0 Å². The molecule has 94 valence electrons. The monoisotopic (exact) mass is 246 g/mol. The number of aromatic nitrogens is 3. The van der Waals surface area contributed by atoms with Gasteiger partial charge >= 0.3 is 0 Å². The summed E-state index contributed by atoms with van der Waals surface area (Å²) in [5.41, 5.74) is 0.843. The fraction of sp³-hybridized carbons (Fsp3) is 0.385. The van der Waals surface area contributed by atoms with Crippen molar-refractivity contribution in [3.8, 4) is 0 Å². The lowest BCUT2D eigenvalue weighted by molar-refractivity contribution is 0.282. The van der Waals surface area contributed by atoms with Gasteiger partial charge in [-0.3, -0.25) is 5.10 Å². The SMILES string of the molecule is Fc1ccccc1C1CC(NCc2ncn[nH]2)C1. The average Bonchev–Trinajstić information content (AvgIpc) is 2.82. The number of rotatable bonds is 4. The molecule has 1 fully saturated rings. The molecular weight excluding hydrogens is 231 g/mol. The molecule has 1 aromatic heterocycles. The molecule has 0 amide bonds. The van der Waals surface area contributed by atoms with E-state index in [0.717, 1.165) is 24.2 Å². The van der Waals surface area contributed by atoms with Crippen LogP contribution in [0.25, 0.3) is 0 Å². The van der Waals surface area contributed by atoms with Gasteiger partial charge in [0.1, 0.15) is 18.0 Å². The predicted octanol–water partition coefficient (Wildman–Crippen LogP) is 1.98. The first-order valence-electron chi connectivity index (χ1n) is 6.15. The van der Waals surface area contributed by atoms with Crippen LogP contribution in [0.5, 0.6) is 0 Å². The molecule has 1 aliphatic carbocycles. The zero-order valence-corrected chi connectivity index (χ0v) is 9.94. The third-order valence-corrected chi connectivity index (χ3v) is 3.51. The number of nitrogens with one attached hydrogen (secondary N) is 2. The molecule has 5 heteroatoms. The zero-order chi connectivity index (χ0) is 12.4. The van der Waals surface area contributed by atoms with Crippen molar-refractivity contribution < 1.29 is 4.39 Å². The normalized spacial score (nSPS) is 22.7. The summed E-state index contributed by atoms with van der Waals surface area (Å²) in [6.45, 7) is 0.689. The van der Waals surface area contributed by atoms with E-state index in [1.165, 1.54) is 12.4 Å². The van der Waals surface area contributed by atoms with E-state index < -0.39 is 0 Å². The van der Waals surface area contributed by atoms with Crippen LogP contribution in [0.1, 0.15) is 30.1 Å². The Morgan fingerprint density at radius 1 is 1.33 bits per heavy atom. The molecule has 1 saturated carbocycles. The van der Waals surface area contributed by atoms with Gasteiger partial charge in [-0.15, -0.1) is 0 Å². The van der Waals surface area contributed by atoms with Crippen LogP contribution in [0, 0.1) is 5.82 Å². The first kappa shape index (κ1) is 11.3. The molecule has 0 unspecified atom stereocenters.